The standard InChI is InChI=1S/C8H8F2INO/c1-4-5(7(9)10)3-12-8(13-2)6(4)11/h3,7H,1-2H3. The number of rotatable bonds is 2. The third-order valence-electron chi connectivity index (χ3n) is 1.70. The van der Waals surface area contributed by atoms with E-state index in [1.165, 1.54) is 7.11 Å². The highest BCUT2D eigenvalue weighted by atomic mass is 127. The lowest BCUT2D eigenvalue weighted by Crippen LogP contribution is -1.99. The Morgan fingerprint density at radius 2 is 2.15 bits per heavy atom. The summed E-state index contributed by atoms with van der Waals surface area (Å²) >= 11 is 1.94. The Labute approximate surface area is 88.5 Å². The van der Waals surface area contributed by atoms with E-state index in [9.17, 15) is 8.78 Å². The molecule has 13 heavy (non-hydrogen) atoms. The van der Waals surface area contributed by atoms with Gasteiger partial charge in [0.15, 0.2) is 0 Å². The summed E-state index contributed by atoms with van der Waals surface area (Å²) in [5.74, 6) is 0.391. The van der Waals surface area contributed by atoms with E-state index in [0.29, 0.717) is 15.0 Å². The lowest BCUT2D eigenvalue weighted by Gasteiger charge is -2.08. The van der Waals surface area contributed by atoms with Crippen LogP contribution >= 0.6 is 22.6 Å². The van der Waals surface area contributed by atoms with Crippen molar-refractivity contribution in [2.24, 2.45) is 0 Å². The van der Waals surface area contributed by atoms with E-state index in [-0.39, 0.29) is 5.56 Å². The summed E-state index contributed by atoms with van der Waals surface area (Å²) < 4.78 is 30.3. The quantitative estimate of drug-likeness (QED) is 0.783. The SMILES string of the molecule is COc1ncc(C(F)F)c(C)c1I. The van der Waals surface area contributed by atoms with Crippen molar-refractivity contribution in [2.45, 2.75) is 13.3 Å². The Morgan fingerprint density at radius 3 is 2.62 bits per heavy atom. The predicted octanol–water partition coefficient (Wildman–Crippen LogP) is 2.94. The lowest BCUT2D eigenvalue weighted by atomic mass is 10.2. The van der Waals surface area contributed by atoms with Crippen LogP contribution in [0.25, 0.3) is 0 Å². The molecule has 0 bridgehead atoms. The molecule has 0 aliphatic rings. The summed E-state index contributed by atoms with van der Waals surface area (Å²) in [5.41, 5.74) is 0.493. The topological polar surface area (TPSA) is 22.1 Å². The Kier molecular flexibility index (Phi) is 3.40. The van der Waals surface area contributed by atoms with Gasteiger partial charge in [-0.3, -0.25) is 0 Å². The van der Waals surface area contributed by atoms with Gasteiger partial charge in [0.1, 0.15) is 0 Å². The normalized spacial score (nSPS) is 10.6. The molecule has 0 saturated carbocycles. The molecule has 0 aliphatic carbocycles. The number of nitrogens with zero attached hydrogens (tertiary/aromatic N) is 1. The van der Waals surface area contributed by atoms with Gasteiger partial charge in [-0.05, 0) is 35.1 Å². The number of halogens is 3. The number of alkyl halides is 2. The van der Waals surface area contributed by atoms with Gasteiger partial charge in [-0.2, -0.15) is 0 Å². The molecule has 1 rings (SSSR count). The summed E-state index contributed by atoms with van der Waals surface area (Å²) in [6.07, 6.45) is -1.33. The maximum atomic E-state index is 12.4. The summed E-state index contributed by atoms with van der Waals surface area (Å²) in [4.78, 5) is 3.77. The van der Waals surface area contributed by atoms with Crippen LogP contribution < -0.4 is 4.74 Å². The molecule has 0 saturated heterocycles. The maximum absolute atomic E-state index is 12.4. The number of hydrogen-bond donors (Lipinski definition) is 0. The lowest BCUT2D eigenvalue weighted by molar-refractivity contribution is 0.150. The highest BCUT2D eigenvalue weighted by Crippen LogP contribution is 2.29. The van der Waals surface area contributed by atoms with Crippen LogP contribution in [-0.2, 0) is 0 Å². The van der Waals surface area contributed by atoms with Crippen molar-refractivity contribution < 1.29 is 13.5 Å². The Morgan fingerprint density at radius 1 is 1.54 bits per heavy atom. The van der Waals surface area contributed by atoms with Crippen molar-refractivity contribution in [3.05, 3.63) is 20.9 Å². The first-order valence-corrected chi connectivity index (χ1v) is 4.63. The van der Waals surface area contributed by atoms with Gasteiger partial charge in [-0.1, -0.05) is 0 Å². The van der Waals surface area contributed by atoms with Crippen LogP contribution in [0.1, 0.15) is 17.6 Å². The largest absolute Gasteiger partial charge is 0.480 e. The van der Waals surface area contributed by atoms with E-state index in [1.54, 1.807) is 6.92 Å². The zero-order valence-corrected chi connectivity index (χ0v) is 9.30. The number of hydrogen-bond acceptors (Lipinski definition) is 2. The number of ether oxygens (including phenoxy) is 1. The van der Waals surface area contributed by atoms with Gasteiger partial charge in [0.2, 0.25) is 5.88 Å². The Balaban J connectivity index is 3.23. The van der Waals surface area contributed by atoms with Crippen molar-refractivity contribution in [1.29, 1.82) is 0 Å². The molecule has 0 spiro atoms. The minimum atomic E-state index is -2.48. The fraction of sp³-hybridized carbons (Fsp3) is 0.375. The summed E-state index contributed by atoms with van der Waals surface area (Å²) in [6.45, 7) is 1.63. The molecule has 0 aromatic carbocycles. The van der Waals surface area contributed by atoms with Crippen molar-refractivity contribution in [2.75, 3.05) is 7.11 Å². The van der Waals surface area contributed by atoms with Crippen LogP contribution in [-0.4, -0.2) is 12.1 Å². The first-order chi connectivity index (χ1) is 6.07. The number of pyridine rings is 1. The first-order valence-electron chi connectivity index (χ1n) is 3.55. The molecule has 1 aromatic heterocycles. The monoisotopic (exact) mass is 299 g/mol. The van der Waals surface area contributed by atoms with Gasteiger partial charge in [0.05, 0.1) is 10.7 Å². The fourth-order valence-corrected chi connectivity index (χ4v) is 1.60. The molecular weight excluding hydrogens is 291 g/mol. The second kappa shape index (κ2) is 4.17. The molecule has 0 N–H and O–H groups in total. The summed E-state index contributed by atoms with van der Waals surface area (Å²) in [7, 11) is 1.46. The highest BCUT2D eigenvalue weighted by molar-refractivity contribution is 14.1. The highest BCUT2D eigenvalue weighted by Gasteiger charge is 2.15. The van der Waals surface area contributed by atoms with Gasteiger partial charge in [0.25, 0.3) is 6.43 Å². The number of methoxy groups -OCH3 is 1. The van der Waals surface area contributed by atoms with Crippen molar-refractivity contribution in [3.8, 4) is 5.88 Å². The summed E-state index contributed by atoms with van der Waals surface area (Å²) in [6, 6.07) is 0. The second-order valence-electron chi connectivity index (χ2n) is 2.46. The first kappa shape index (κ1) is 10.6. The minimum Gasteiger partial charge on any atom is -0.480 e. The third-order valence-corrected chi connectivity index (χ3v) is 2.97. The molecule has 0 unspecified atom stereocenters. The average molecular weight is 299 g/mol. The average Bonchev–Trinajstić information content (AvgIpc) is 2.09. The van der Waals surface area contributed by atoms with E-state index in [0.717, 1.165) is 6.20 Å². The molecular formula is C8H8F2INO. The van der Waals surface area contributed by atoms with E-state index >= 15 is 0 Å². The minimum absolute atomic E-state index is 0.0369. The zero-order chi connectivity index (χ0) is 10.0. The molecule has 0 radical (unpaired) electrons. The number of aromatic nitrogens is 1. The van der Waals surface area contributed by atoms with E-state index < -0.39 is 6.43 Å². The molecule has 0 fully saturated rings. The van der Waals surface area contributed by atoms with Crippen LogP contribution in [0, 0.1) is 10.5 Å². The summed E-state index contributed by atoms with van der Waals surface area (Å²) in [5, 5.41) is 0. The van der Waals surface area contributed by atoms with Crippen molar-refractivity contribution in [3.63, 3.8) is 0 Å². The van der Waals surface area contributed by atoms with E-state index in [2.05, 4.69) is 4.98 Å². The molecule has 0 aliphatic heterocycles. The molecule has 0 amide bonds. The van der Waals surface area contributed by atoms with E-state index in [1.807, 2.05) is 22.6 Å². The van der Waals surface area contributed by atoms with Crippen LogP contribution in [0.2, 0.25) is 0 Å². The zero-order valence-electron chi connectivity index (χ0n) is 7.14. The van der Waals surface area contributed by atoms with Crippen molar-refractivity contribution >= 4 is 22.6 Å². The van der Waals surface area contributed by atoms with Gasteiger partial charge < -0.3 is 4.74 Å². The van der Waals surface area contributed by atoms with Gasteiger partial charge in [-0.15, -0.1) is 0 Å². The second-order valence-corrected chi connectivity index (χ2v) is 3.54. The maximum Gasteiger partial charge on any atom is 0.265 e. The fourth-order valence-electron chi connectivity index (χ4n) is 0.931. The van der Waals surface area contributed by atoms with Crippen LogP contribution in [0.4, 0.5) is 8.78 Å². The molecule has 72 valence electrons. The van der Waals surface area contributed by atoms with Crippen LogP contribution in [0.15, 0.2) is 6.20 Å². The van der Waals surface area contributed by atoms with Gasteiger partial charge in [0, 0.05) is 11.8 Å². The Bertz CT molecular complexity index is 317. The van der Waals surface area contributed by atoms with Crippen LogP contribution in [0.3, 0.4) is 0 Å². The van der Waals surface area contributed by atoms with Gasteiger partial charge in [-0.25, -0.2) is 13.8 Å². The molecule has 2 nitrogen and oxygen atoms in total. The molecule has 1 heterocycles. The molecule has 5 heteroatoms. The smallest absolute Gasteiger partial charge is 0.265 e. The molecule has 0 atom stereocenters. The molecule has 1 aromatic rings. The third kappa shape index (κ3) is 2.07. The predicted molar refractivity (Wildman–Crippen MR) is 53.2 cm³/mol. The van der Waals surface area contributed by atoms with E-state index in [4.69, 9.17) is 4.74 Å². The van der Waals surface area contributed by atoms with Gasteiger partial charge >= 0.3 is 0 Å². The van der Waals surface area contributed by atoms with Crippen molar-refractivity contribution in [1.82, 2.24) is 4.98 Å². The van der Waals surface area contributed by atoms with Crippen LogP contribution in [0.5, 0.6) is 5.88 Å². The Hall–Kier alpha value is -0.460.